The van der Waals surface area contributed by atoms with Crippen LogP contribution in [0.5, 0.6) is 0 Å². The fraction of sp³-hybridized carbons (Fsp3) is 0.0909. The van der Waals surface area contributed by atoms with Crippen molar-refractivity contribution in [3.05, 3.63) is 228 Å². The Morgan fingerprint density at radius 1 is 0.351 bits per heavy atom. The normalized spacial score (nSPS) is 12.6. The van der Waals surface area contributed by atoms with Gasteiger partial charge < -0.3 is 9.80 Å². The Morgan fingerprint density at radius 3 is 1.35 bits per heavy atom. The van der Waals surface area contributed by atoms with Gasteiger partial charge >= 0.3 is 0 Å². The number of hydrogen-bond donors (Lipinski definition) is 0. The minimum atomic E-state index is -0.0688. The van der Waals surface area contributed by atoms with Crippen molar-refractivity contribution in [3.63, 3.8) is 0 Å². The highest BCUT2D eigenvalue weighted by atomic mass is 15.1. The fourth-order valence-electron chi connectivity index (χ4n) is 8.48. The number of benzene rings is 8. The van der Waals surface area contributed by atoms with Crippen LogP contribution >= 0.6 is 0 Å². The Bertz CT molecular complexity index is 2630. The first-order valence-corrected chi connectivity index (χ1v) is 19.8. The molecule has 0 atom stereocenters. The van der Waals surface area contributed by atoms with Gasteiger partial charge in [0.1, 0.15) is 0 Å². The molecule has 0 bridgehead atoms. The molecule has 9 rings (SSSR count). The third-order valence-corrected chi connectivity index (χ3v) is 11.3. The van der Waals surface area contributed by atoms with Crippen LogP contribution in [0.2, 0.25) is 0 Å². The average molecular weight is 735 g/mol. The number of nitrogens with zero attached hydrogens (tertiary/aromatic N) is 2. The number of aryl methyl sites for hydroxylation is 2. The molecule has 57 heavy (non-hydrogen) atoms. The van der Waals surface area contributed by atoms with Gasteiger partial charge in [0.25, 0.3) is 0 Å². The van der Waals surface area contributed by atoms with Gasteiger partial charge in [0.05, 0.1) is 0 Å². The number of para-hydroxylation sites is 2. The van der Waals surface area contributed by atoms with Crippen molar-refractivity contribution in [1.29, 1.82) is 0 Å². The zero-order valence-electron chi connectivity index (χ0n) is 33.0. The second-order valence-corrected chi connectivity index (χ2v) is 15.7. The molecule has 0 radical (unpaired) electrons. The lowest BCUT2D eigenvalue weighted by Gasteiger charge is -2.28. The zero-order valence-corrected chi connectivity index (χ0v) is 33.0. The van der Waals surface area contributed by atoms with E-state index in [0.717, 1.165) is 33.9 Å². The van der Waals surface area contributed by atoms with Crippen LogP contribution in [0.4, 0.5) is 34.1 Å². The lowest BCUT2D eigenvalue weighted by molar-refractivity contribution is 0.660. The van der Waals surface area contributed by atoms with E-state index in [0.29, 0.717) is 0 Å². The predicted octanol–water partition coefficient (Wildman–Crippen LogP) is 15.4. The van der Waals surface area contributed by atoms with Crippen molar-refractivity contribution in [3.8, 4) is 22.3 Å². The van der Waals surface area contributed by atoms with Crippen molar-refractivity contribution < 1.29 is 0 Å². The minimum Gasteiger partial charge on any atom is -0.311 e. The maximum atomic E-state index is 2.41. The number of fused-ring (bicyclic) bond motifs is 3. The van der Waals surface area contributed by atoms with E-state index in [1.807, 2.05) is 0 Å². The van der Waals surface area contributed by atoms with Gasteiger partial charge in [0.2, 0.25) is 0 Å². The molecule has 0 amide bonds. The van der Waals surface area contributed by atoms with E-state index in [2.05, 4.69) is 244 Å². The molecule has 2 nitrogen and oxygen atoms in total. The standard InChI is InChI=1S/C55H46N2/c1-39-35-40(2)37-50(36-39)57(49-33-34-52-51-17-11-12-18-53(51)55(3,4)54(52)38-49)47-29-23-42(24-30-47)20-19-41-21-25-43(26-22-41)44-27-31-48(32-28-44)56(45-13-7-5-8-14-45)46-15-9-6-10-16-46/h5-38H,1-4H3/b20-19+. The third-order valence-electron chi connectivity index (χ3n) is 11.3. The zero-order chi connectivity index (χ0) is 38.9. The van der Waals surface area contributed by atoms with Gasteiger partial charge in [-0.15, -0.1) is 0 Å². The van der Waals surface area contributed by atoms with Crippen LogP contribution in [0.15, 0.2) is 194 Å². The summed E-state index contributed by atoms with van der Waals surface area (Å²) in [7, 11) is 0. The lowest BCUT2D eigenvalue weighted by atomic mass is 9.82. The summed E-state index contributed by atoms with van der Waals surface area (Å²) in [6, 6.07) is 70.3. The van der Waals surface area contributed by atoms with E-state index in [-0.39, 0.29) is 5.41 Å². The molecule has 0 aliphatic heterocycles. The Hall–Kier alpha value is -6.90. The molecule has 2 heteroatoms. The monoisotopic (exact) mass is 734 g/mol. The van der Waals surface area contributed by atoms with Gasteiger partial charge in [-0.3, -0.25) is 0 Å². The van der Waals surface area contributed by atoms with Gasteiger partial charge in [0, 0.05) is 39.5 Å². The SMILES string of the molecule is Cc1cc(C)cc(N(c2ccc(/C=C/c3ccc(-c4ccc(N(c5ccccc5)c5ccccc5)cc4)cc3)cc2)c2ccc3c(c2)C(C)(C)c2ccccc2-3)c1. The fourth-order valence-corrected chi connectivity index (χ4v) is 8.48. The quantitative estimate of drug-likeness (QED) is 0.136. The Labute approximate surface area is 337 Å². The van der Waals surface area contributed by atoms with Crippen molar-refractivity contribution in [2.24, 2.45) is 0 Å². The van der Waals surface area contributed by atoms with Crippen LogP contribution in [0, 0.1) is 13.8 Å². The second-order valence-electron chi connectivity index (χ2n) is 15.7. The van der Waals surface area contributed by atoms with E-state index in [9.17, 15) is 0 Å². The summed E-state index contributed by atoms with van der Waals surface area (Å²) in [6.07, 6.45) is 4.40. The molecule has 0 aromatic heterocycles. The molecule has 0 saturated carbocycles. The molecule has 0 N–H and O–H groups in total. The van der Waals surface area contributed by atoms with E-state index >= 15 is 0 Å². The van der Waals surface area contributed by atoms with E-state index in [1.54, 1.807) is 0 Å². The number of anilines is 6. The summed E-state index contributed by atoms with van der Waals surface area (Å²) >= 11 is 0. The van der Waals surface area contributed by atoms with Crippen LogP contribution in [-0.2, 0) is 5.41 Å². The highest BCUT2D eigenvalue weighted by molar-refractivity contribution is 5.86. The molecule has 0 saturated heterocycles. The first kappa shape index (κ1) is 35.8. The van der Waals surface area contributed by atoms with E-state index in [1.165, 1.54) is 55.9 Å². The maximum Gasteiger partial charge on any atom is 0.0466 e. The van der Waals surface area contributed by atoms with Gasteiger partial charge in [0.15, 0.2) is 0 Å². The molecule has 0 spiro atoms. The van der Waals surface area contributed by atoms with Crippen LogP contribution in [0.3, 0.4) is 0 Å². The summed E-state index contributed by atoms with van der Waals surface area (Å²) in [5.74, 6) is 0. The molecule has 1 aliphatic rings. The van der Waals surface area contributed by atoms with E-state index < -0.39 is 0 Å². The summed E-state index contributed by atoms with van der Waals surface area (Å²) in [5.41, 5.74) is 19.5. The van der Waals surface area contributed by atoms with E-state index in [4.69, 9.17) is 0 Å². The molecule has 0 unspecified atom stereocenters. The molecular formula is C55H46N2. The predicted molar refractivity (Wildman–Crippen MR) is 244 cm³/mol. The number of rotatable bonds is 9. The topological polar surface area (TPSA) is 6.48 Å². The Kier molecular flexibility index (Phi) is 9.40. The van der Waals surface area contributed by atoms with Crippen molar-refractivity contribution >= 4 is 46.3 Å². The smallest absolute Gasteiger partial charge is 0.0466 e. The highest BCUT2D eigenvalue weighted by Crippen LogP contribution is 2.50. The third kappa shape index (κ3) is 7.07. The molecule has 0 fully saturated rings. The molecule has 276 valence electrons. The maximum absolute atomic E-state index is 2.41. The summed E-state index contributed by atoms with van der Waals surface area (Å²) < 4.78 is 0. The molecule has 0 heterocycles. The van der Waals surface area contributed by atoms with Crippen LogP contribution < -0.4 is 9.80 Å². The molecule has 1 aliphatic carbocycles. The molecule has 8 aromatic carbocycles. The van der Waals surface area contributed by atoms with Gasteiger partial charge in [-0.05, 0) is 142 Å². The summed E-state index contributed by atoms with van der Waals surface area (Å²) in [6.45, 7) is 9.06. The minimum absolute atomic E-state index is 0.0688. The Morgan fingerprint density at radius 2 is 0.772 bits per heavy atom. The Balaban J connectivity index is 0.950. The largest absolute Gasteiger partial charge is 0.311 e. The van der Waals surface area contributed by atoms with Crippen molar-refractivity contribution in [2.75, 3.05) is 9.80 Å². The highest BCUT2D eigenvalue weighted by Gasteiger charge is 2.35. The van der Waals surface area contributed by atoms with Gasteiger partial charge in [-0.1, -0.05) is 147 Å². The van der Waals surface area contributed by atoms with Crippen LogP contribution in [0.25, 0.3) is 34.4 Å². The van der Waals surface area contributed by atoms with Gasteiger partial charge in [-0.2, -0.15) is 0 Å². The summed E-state index contributed by atoms with van der Waals surface area (Å²) in [4.78, 5) is 4.69. The lowest BCUT2D eigenvalue weighted by Crippen LogP contribution is -2.16. The second kappa shape index (κ2) is 15.0. The first-order chi connectivity index (χ1) is 27.8. The number of hydrogen-bond acceptors (Lipinski definition) is 2. The average Bonchev–Trinajstić information content (AvgIpc) is 3.47. The molecular weight excluding hydrogens is 689 g/mol. The van der Waals surface area contributed by atoms with Crippen LogP contribution in [0.1, 0.15) is 47.2 Å². The summed E-state index contributed by atoms with van der Waals surface area (Å²) in [5, 5.41) is 0. The molecule has 8 aromatic rings. The van der Waals surface area contributed by atoms with Crippen molar-refractivity contribution in [1.82, 2.24) is 0 Å². The first-order valence-electron chi connectivity index (χ1n) is 19.8. The van der Waals surface area contributed by atoms with Crippen LogP contribution in [-0.4, -0.2) is 0 Å². The van der Waals surface area contributed by atoms with Crippen molar-refractivity contribution in [2.45, 2.75) is 33.1 Å². The van der Waals surface area contributed by atoms with Gasteiger partial charge in [-0.25, -0.2) is 0 Å².